The van der Waals surface area contributed by atoms with Gasteiger partial charge in [0.2, 0.25) is 0 Å². The number of halogens is 2. The van der Waals surface area contributed by atoms with Crippen LogP contribution in [0.5, 0.6) is 0 Å². The van der Waals surface area contributed by atoms with Gasteiger partial charge < -0.3 is 5.73 Å². The van der Waals surface area contributed by atoms with Crippen LogP contribution in [0.3, 0.4) is 0 Å². The molecule has 19 heavy (non-hydrogen) atoms. The van der Waals surface area contributed by atoms with Crippen molar-refractivity contribution in [2.75, 3.05) is 5.75 Å². The van der Waals surface area contributed by atoms with Crippen LogP contribution in [0.25, 0.3) is 0 Å². The van der Waals surface area contributed by atoms with Crippen LogP contribution in [-0.2, 0) is 0 Å². The zero-order valence-corrected chi connectivity index (χ0v) is 11.0. The van der Waals surface area contributed by atoms with Gasteiger partial charge in [0.1, 0.15) is 11.6 Å². The van der Waals surface area contributed by atoms with E-state index in [1.54, 1.807) is 11.8 Å². The Kier molecular flexibility index (Phi) is 3.29. The molecule has 3 rings (SSSR count). The van der Waals surface area contributed by atoms with Gasteiger partial charge in [-0.3, -0.25) is 0 Å². The number of benzene rings is 2. The van der Waals surface area contributed by atoms with E-state index in [0.29, 0.717) is 0 Å². The second-order valence-corrected chi connectivity index (χ2v) is 5.71. The Balaban J connectivity index is 1.97. The summed E-state index contributed by atoms with van der Waals surface area (Å²) < 4.78 is 27.1. The van der Waals surface area contributed by atoms with Crippen LogP contribution in [0.4, 0.5) is 8.78 Å². The molecule has 98 valence electrons. The van der Waals surface area contributed by atoms with Crippen molar-refractivity contribution in [2.24, 2.45) is 5.73 Å². The summed E-state index contributed by atoms with van der Waals surface area (Å²) in [5, 5.41) is 0. The van der Waals surface area contributed by atoms with Crippen molar-refractivity contribution in [3.63, 3.8) is 0 Å². The van der Waals surface area contributed by atoms with Gasteiger partial charge in [-0.05, 0) is 29.8 Å². The minimum Gasteiger partial charge on any atom is -0.323 e. The van der Waals surface area contributed by atoms with Crippen LogP contribution in [0.15, 0.2) is 47.4 Å². The SMILES string of the molecule is NC(c1cc(F)ccc1F)C1CSc2ccccc21. The highest BCUT2D eigenvalue weighted by Gasteiger charge is 2.30. The van der Waals surface area contributed by atoms with Crippen LogP contribution in [-0.4, -0.2) is 5.75 Å². The van der Waals surface area contributed by atoms with Gasteiger partial charge in [-0.25, -0.2) is 8.78 Å². The average molecular weight is 277 g/mol. The number of hydrogen-bond acceptors (Lipinski definition) is 2. The summed E-state index contributed by atoms with van der Waals surface area (Å²) in [4.78, 5) is 1.18. The van der Waals surface area contributed by atoms with Crippen molar-refractivity contribution in [3.05, 3.63) is 65.2 Å². The molecular weight excluding hydrogens is 264 g/mol. The quantitative estimate of drug-likeness (QED) is 0.902. The van der Waals surface area contributed by atoms with Crippen LogP contribution in [0.2, 0.25) is 0 Å². The lowest BCUT2D eigenvalue weighted by Crippen LogP contribution is -2.21. The summed E-state index contributed by atoms with van der Waals surface area (Å²) in [5.74, 6) is -0.0669. The molecule has 0 radical (unpaired) electrons. The monoisotopic (exact) mass is 277 g/mol. The minimum atomic E-state index is -0.521. The summed E-state index contributed by atoms with van der Waals surface area (Å²) in [6, 6.07) is 10.9. The highest BCUT2D eigenvalue weighted by atomic mass is 32.2. The van der Waals surface area contributed by atoms with E-state index < -0.39 is 17.7 Å². The molecule has 2 atom stereocenters. The molecule has 1 heterocycles. The average Bonchev–Trinajstić information content (AvgIpc) is 2.84. The van der Waals surface area contributed by atoms with Crippen molar-refractivity contribution in [1.82, 2.24) is 0 Å². The normalized spacial score (nSPS) is 19.2. The van der Waals surface area contributed by atoms with Crippen LogP contribution in [0, 0.1) is 11.6 Å². The first-order chi connectivity index (χ1) is 9.16. The van der Waals surface area contributed by atoms with E-state index in [1.807, 2.05) is 24.3 Å². The van der Waals surface area contributed by atoms with Gasteiger partial charge in [-0.1, -0.05) is 18.2 Å². The Morgan fingerprint density at radius 3 is 2.79 bits per heavy atom. The zero-order valence-electron chi connectivity index (χ0n) is 10.1. The third kappa shape index (κ3) is 2.26. The lowest BCUT2D eigenvalue weighted by atomic mass is 9.89. The molecule has 2 N–H and O–H groups in total. The van der Waals surface area contributed by atoms with Gasteiger partial charge in [0, 0.05) is 28.2 Å². The Bertz CT molecular complexity index is 615. The molecule has 0 saturated carbocycles. The molecule has 1 nitrogen and oxygen atoms in total. The fraction of sp³-hybridized carbons (Fsp3) is 0.200. The number of rotatable bonds is 2. The molecule has 0 aliphatic carbocycles. The molecule has 2 unspecified atom stereocenters. The molecule has 2 aromatic carbocycles. The highest BCUT2D eigenvalue weighted by molar-refractivity contribution is 7.99. The molecule has 0 bridgehead atoms. The summed E-state index contributed by atoms with van der Waals surface area (Å²) >= 11 is 1.71. The van der Waals surface area contributed by atoms with E-state index in [1.165, 1.54) is 11.0 Å². The lowest BCUT2D eigenvalue weighted by molar-refractivity contribution is 0.532. The van der Waals surface area contributed by atoms with E-state index >= 15 is 0 Å². The fourth-order valence-corrected chi connectivity index (χ4v) is 3.78. The first-order valence-electron chi connectivity index (χ1n) is 6.09. The predicted octanol–water partition coefficient (Wildman–Crippen LogP) is 3.85. The molecule has 2 aromatic rings. The predicted molar refractivity (Wildman–Crippen MR) is 73.2 cm³/mol. The van der Waals surface area contributed by atoms with Crippen molar-refractivity contribution in [2.45, 2.75) is 16.9 Å². The summed E-state index contributed by atoms with van der Waals surface area (Å²) in [6.07, 6.45) is 0. The van der Waals surface area contributed by atoms with Crippen molar-refractivity contribution >= 4 is 11.8 Å². The standard InChI is InChI=1S/C15H13F2NS/c16-9-5-6-13(17)11(7-9)15(18)12-8-19-14-4-2-1-3-10(12)14/h1-7,12,15H,8,18H2. The van der Waals surface area contributed by atoms with E-state index in [0.717, 1.165) is 23.4 Å². The van der Waals surface area contributed by atoms with E-state index in [9.17, 15) is 8.78 Å². The maximum atomic E-state index is 13.8. The third-order valence-corrected chi connectivity index (χ3v) is 4.70. The maximum Gasteiger partial charge on any atom is 0.128 e. The van der Waals surface area contributed by atoms with Gasteiger partial charge in [0.05, 0.1) is 0 Å². The van der Waals surface area contributed by atoms with E-state index in [4.69, 9.17) is 5.73 Å². The van der Waals surface area contributed by atoms with Crippen LogP contribution >= 0.6 is 11.8 Å². The Morgan fingerprint density at radius 1 is 1.16 bits per heavy atom. The number of thioether (sulfide) groups is 1. The molecular formula is C15H13F2NS. The second-order valence-electron chi connectivity index (χ2n) is 4.65. The summed E-state index contributed by atoms with van der Waals surface area (Å²) in [5.41, 5.74) is 7.55. The first kappa shape index (κ1) is 12.6. The van der Waals surface area contributed by atoms with Crippen LogP contribution < -0.4 is 5.73 Å². The Labute approximate surface area is 114 Å². The third-order valence-electron chi connectivity index (χ3n) is 3.49. The first-order valence-corrected chi connectivity index (χ1v) is 7.07. The largest absolute Gasteiger partial charge is 0.323 e. The molecule has 0 saturated heterocycles. The molecule has 1 aliphatic rings. The highest BCUT2D eigenvalue weighted by Crippen LogP contribution is 2.44. The molecule has 0 aromatic heterocycles. The van der Waals surface area contributed by atoms with Crippen LogP contribution in [0.1, 0.15) is 23.1 Å². The van der Waals surface area contributed by atoms with Gasteiger partial charge in [0.15, 0.2) is 0 Å². The number of fused-ring (bicyclic) bond motifs is 1. The topological polar surface area (TPSA) is 26.0 Å². The smallest absolute Gasteiger partial charge is 0.128 e. The number of hydrogen-bond donors (Lipinski definition) is 1. The molecule has 4 heteroatoms. The van der Waals surface area contributed by atoms with Gasteiger partial charge in [-0.2, -0.15) is 0 Å². The van der Waals surface area contributed by atoms with Gasteiger partial charge in [0.25, 0.3) is 0 Å². The molecule has 0 amide bonds. The van der Waals surface area contributed by atoms with Gasteiger partial charge >= 0.3 is 0 Å². The van der Waals surface area contributed by atoms with Gasteiger partial charge in [-0.15, -0.1) is 11.8 Å². The Hall–Kier alpha value is -1.39. The van der Waals surface area contributed by atoms with E-state index in [2.05, 4.69) is 0 Å². The maximum absolute atomic E-state index is 13.8. The molecule has 0 fully saturated rings. The van der Waals surface area contributed by atoms with Crippen molar-refractivity contribution in [1.29, 1.82) is 0 Å². The molecule has 0 spiro atoms. The summed E-state index contributed by atoms with van der Waals surface area (Å²) in [7, 11) is 0. The van der Waals surface area contributed by atoms with Crippen molar-refractivity contribution < 1.29 is 8.78 Å². The fourth-order valence-electron chi connectivity index (χ4n) is 2.47. The zero-order chi connectivity index (χ0) is 13.4. The summed E-state index contributed by atoms with van der Waals surface area (Å²) in [6.45, 7) is 0. The van der Waals surface area contributed by atoms with E-state index in [-0.39, 0.29) is 11.5 Å². The lowest BCUT2D eigenvalue weighted by Gasteiger charge is -2.20. The minimum absolute atomic E-state index is 0.0255. The number of nitrogens with two attached hydrogens (primary N) is 1. The van der Waals surface area contributed by atoms with Crippen molar-refractivity contribution in [3.8, 4) is 0 Å². The molecule has 1 aliphatic heterocycles. The Morgan fingerprint density at radius 2 is 1.95 bits per heavy atom. The second kappa shape index (κ2) is 4.94.